The van der Waals surface area contributed by atoms with Crippen molar-refractivity contribution in [3.63, 3.8) is 0 Å². The number of fused-ring (bicyclic) bond motifs is 9. The molecule has 91 heavy (non-hydrogen) atoms. The molecule has 0 spiro atoms. The highest BCUT2D eigenvalue weighted by molar-refractivity contribution is 14.1. The molecule has 9 rings (SSSR count). The average molecular weight is 1450 g/mol. The predicted molar refractivity (Wildman–Crippen MR) is 418 cm³/mol. The Morgan fingerprint density at radius 1 is 0.264 bits per heavy atom. The number of benzene rings is 6. The van der Waals surface area contributed by atoms with Crippen molar-refractivity contribution in [2.75, 3.05) is 0 Å². The minimum absolute atomic E-state index is 0.00347. The van der Waals surface area contributed by atoms with E-state index in [-0.39, 0.29) is 16.2 Å². The highest BCUT2D eigenvalue weighted by Gasteiger charge is 2.48. The fourth-order valence-corrected chi connectivity index (χ4v) is 18.5. The Bertz CT molecular complexity index is 3060. The summed E-state index contributed by atoms with van der Waals surface area (Å²) in [6.45, 7) is 39.4. The van der Waals surface area contributed by atoms with Gasteiger partial charge in [0, 0.05) is 23.4 Å². The Morgan fingerprint density at radius 3 is 0.736 bits per heavy atom. The first-order chi connectivity index (χ1) is 43.5. The lowest BCUT2D eigenvalue weighted by Crippen LogP contribution is -2.30. The number of hydrogen-bond acceptors (Lipinski definition) is 0. The molecule has 494 valence electrons. The molecule has 0 saturated heterocycles. The van der Waals surface area contributed by atoms with Gasteiger partial charge in [0.15, 0.2) is 0 Å². The van der Waals surface area contributed by atoms with Gasteiger partial charge in [-0.1, -0.05) is 261 Å². The van der Waals surface area contributed by atoms with Gasteiger partial charge >= 0.3 is 0 Å². The molecular weight excluding hydrogens is 1320 g/mol. The van der Waals surface area contributed by atoms with Gasteiger partial charge in [0.05, 0.1) is 0 Å². The molecule has 0 N–H and O–H groups in total. The highest BCUT2D eigenvalue weighted by atomic mass is 127. The van der Waals surface area contributed by atoms with E-state index in [2.05, 4.69) is 265 Å². The smallest absolute Gasteiger partial charge is 0.0220 e. The summed E-state index contributed by atoms with van der Waals surface area (Å²) in [5, 5.41) is 0. The van der Waals surface area contributed by atoms with E-state index in [1.165, 1.54) is 217 Å². The van der Waals surface area contributed by atoms with E-state index in [4.69, 9.17) is 0 Å². The van der Waals surface area contributed by atoms with Gasteiger partial charge in [-0.25, -0.2) is 0 Å². The van der Waals surface area contributed by atoms with Crippen molar-refractivity contribution < 1.29 is 0 Å². The first-order valence-electron chi connectivity index (χ1n) is 37.7. The van der Waals surface area contributed by atoms with Crippen LogP contribution < -0.4 is 0 Å². The molecule has 0 saturated carbocycles. The molecule has 2 heteroatoms. The normalized spacial score (nSPS) is 16.8. The Hall–Kier alpha value is -3.22. The number of halogens is 2. The molecule has 6 aromatic carbocycles. The lowest BCUT2D eigenvalue weighted by Gasteiger charge is -2.37. The highest BCUT2D eigenvalue weighted by Crippen LogP contribution is 2.61. The third-order valence-corrected chi connectivity index (χ3v) is 25.0. The molecule has 0 aromatic heterocycles. The summed E-state index contributed by atoms with van der Waals surface area (Å²) < 4.78 is 2.74. The zero-order valence-corrected chi connectivity index (χ0v) is 64.7. The van der Waals surface area contributed by atoms with Gasteiger partial charge < -0.3 is 0 Å². The minimum atomic E-state index is -0.100. The van der Waals surface area contributed by atoms with Crippen molar-refractivity contribution in [3.8, 4) is 55.6 Å². The minimum Gasteiger partial charge on any atom is -0.0651 e. The van der Waals surface area contributed by atoms with E-state index in [1.807, 2.05) is 0 Å². The SMILES string of the molecule is CC[C@H](C)CC1(C[C@@H](C)CC)c2cc(-c3ccc4c(c3)C(CC[C@@H](C)CCCC(C)C)(CC[C@@H](C)CCCC(C)C)c3cc(I)ccc3-4)ccc2-c2ccc(-c3ccc4c(c3)C(CC[C@@H](C)CCCC(C)C)(CC[C@@H](C)CCCC(C)C)c3cc(I)ccc3-4)cc21. The zero-order chi connectivity index (χ0) is 65.4. The van der Waals surface area contributed by atoms with Crippen molar-refractivity contribution in [1.29, 1.82) is 0 Å². The maximum absolute atomic E-state index is 2.73. The van der Waals surface area contributed by atoms with E-state index in [0.29, 0.717) is 35.5 Å². The van der Waals surface area contributed by atoms with Crippen LogP contribution in [0.15, 0.2) is 109 Å². The summed E-state index contributed by atoms with van der Waals surface area (Å²) in [6.07, 6.45) is 30.7. The van der Waals surface area contributed by atoms with E-state index in [0.717, 1.165) is 23.7 Å². The summed E-state index contributed by atoms with van der Waals surface area (Å²) in [5.74, 6) is 7.10. The molecule has 3 aliphatic carbocycles. The van der Waals surface area contributed by atoms with Crippen LogP contribution in [-0.4, -0.2) is 0 Å². The first-order valence-corrected chi connectivity index (χ1v) is 39.9. The quantitative estimate of drug-likeness (QED) is 0.0344. The maximum atomic E-state index is 2.73. The van der Waals surface area contributed by atoms with Crippen LogP contribution in [0.5, 0.6) is 0 Å². The van der Waals surface area contributed by atoms with Gasteiger partial charge in [-0.2, -0.15) is 0 Å². The third kappa shape index (κ3) is 16.8. The van der Waals surface area contributed by atoms with Crippen LogP contribution in [0.3, 0.4) is 0 Å². The molecular formula is C89H124I2. The van der Waals surface area contributed by atoms with Crippen LogP contribution in [0.25, 0.3) is 55.6 Å². The Labute approximate surface area is 586 Å². The van der Waals surface area contributed by atoms with Gasteiger partial charge in [0.2, 0.25) is 0 Å². The largest absolute Gasteiger partial charge is 0.0651 e. The second-order valence-corrected chi connectivity index (χ2v) is 35.5. The molecule has 0 fully saturated rings. The van der Waals surface area contributed by atoms with Crippen LogP contribution in [0.2, 0.25) is 0 Å². The van der Waals surface area contributed by atoms with Gasteiger partial charge in [0.1, 0.15) is 0 Å². The van der Waals surface area contributed by atoms with Gasteiger partial charge in [-0.05, 0) is 306 Å². The second-order valence-electron chi connectivity index (χ2n) is 33.0. The lowest BCUT2D eigenvalue weighted by molar-refractivity contribution is 0.308. The average Bonchev–Trinajstić information content (AvgIpc) is 1.58. The third-order valence-electron chi connectivity index (χ3n) is 23.6. The molecule has 3 aliphatic rings. The van der Waals surface area contributed by atoms with Crippen molar-refractivity contribution in [2.45, 2.75) is 281 Å². The zero-order valence-electron chi connectivity index (χ0n) is 60.4. The number of hydrogen-bond donors (Lipinski definition) is 0. The molecule has 6 atom stereocenters. The fraction of sp³-hybridized carbons (Fsp3) is 0.596. The maximum Gasteiger partial charge on any atom is 0.0220 e. The van der Waals surface area contributed by atoms with Crippen molar-refractivity contribution >= 4 is 45.2 Å². The second kappa shape index (κ2) is 32.2. The molecule has 0 amide bonds. The summed E-state index contributed by atoms with van der Waals surface area (Å²) in [7, 11) is 0. The fourth-order valence-electron chi connectivity index (χ4n) is 17.5. The lowest BCUT2D eigenvalue weighted by atomic mass is 9.66. The molecule has 0 nitrogen and oxygen atoms in total. The van der Waals surface area contributed by atoms with Crippen molar-refractivity contribution in [3.05, 3.63) is 150 Å². The Balaban J connectivity index is 1.14. The topological polar surface area (TPSA) is 0 Å². The van der Waals surface area contributed by atoms with E-state index in [1.54, 1.807) is 33.4 Å². The van der Waals surface area contributed by atoms with Gasteiger partial charge in [-0.15, -0.1) is 0 Å². The summed E-state index contributed by atoms with van der Waals surface area (Å²) in [6, 6.07) is 46.2. The molecule has 0 radical (unpaired) electrons. The van der Waals surface area contributed by atoms with Crippen molar-refractivity contribution in [1.82, 2.24) is 0 Å². The summed E-state index contributed by atoms with van der Waals surface area (Å²) >= 11 is 5.22. The van der Waals surface area contributed by atoms with E-state index in [9.17, 15) is 0 Å². The molecule has 6 aromatic rings. The summed E-state index contributed by atoms with van der Waals surface area (Å²) in [5.41, 5.74) is 23.9. The molecule has 0 bridgehead atoms. The van der Waals surface area contributed by atoms with Crippen LogP contribution in [0.4, 0.5) is 0 Å². The van der Waals surface area contributed by atoms with Crippen LogP contribution in [0, 0.1) is 66.3 Å². The molecule has 0 aliphatic heterocycles. The standard InChI is InChI=1S/C89H124I2/c1-17-63(11)57-89(58-64(12)18-2)83-53-71(69-31-37-75-79-41-35-73(90)55-85(79)87(81(75)51-69,47-43-65(13)27-19-23-59(3)4)48-44-66(14)28-20-24-60(5)6)33-39-77(83)78-40-34-72(54-84(78)89)70-32-38-76-80-42-36-74(91)56-86(80)88(82(76)52-70,49-45-67(15)29-21-25-61(7)8)50-46-68(16)30-22-26-62(9)10/h31-42,51-56,59-68H,17-30,43-50,57-58H2,1-16H3/t63-,64-,65-,66-,67-,68-/m0/s1. The van der Waals surface area contributed by atoms with Crippen LogP contribution in [0.1, 0.15) is 298 Å². The number of rotatable bonds is 36. The molecule has 0 unspecified atom stereocenters. The van der Waals surface area contributed by atoms with Gasteiger partial charge in [-0.3, -0.25) is 0 Å². The Kier molecular flexibility index (Phi) is 25.5. The van der Waals surface area contributed by atoms with Crippen molar-refractivity contribution in [2.24, 2.45) is 59.2 Å². The Morgan fingerprint density at radius 2 is 0.495 bits per heavy atom. The summed E-state index contributed by atoms with van der Waals surface area (Å²) in [4.78, 5) is 0. The van der Waals surface area contributed by atoms with Crippen LogP contribution >= 0.6 is 45.2 Å². The first kappa shape index (κ1) is 72.1. The molecule has 0 heterocycles. The predicted octanol–water partition coefficient (Wildman–Crippen LogP) is 28.9. The van der Waals surface area contributed by atoms with Crippen LogP contribution in [-0.2, 0) is 16.2 Å². The monoisotopic (exact) mass is 1450 g/mol. The van der Waals surface area contributed by atoms with E-state index < -0.39 is 0 Å². The van der Waals surface area contributed by atoms with E-state index >= 15 is 0 Å². The van der Waals surface area contributed by atoms with Gasteiger partial charge in [0.25, 0.3) is 0 Å².